The zero-order chi connectivity index (χ0) is 18.7. The number of anilines is 1. The fourth-order valence-electron chi connectivity index (χ4n) is 3.71. The molecule has 0 aromatic carbocycles. The molecule has 5 heteroatoms. The molecule has 4 nitrogen and oxygen atoms in total. The molecule has 2 aromatic rings. The van der Waals surface area contributed by atoms with Crippen LogP contribution < -0.4 is 5.32 Å². The largest absolute Gasteiger partial charge is 0.367 e. The van der Waals surface area contributed by atoms with Crippen molar-refractivity contribution in [1.29, 1.82) is 0 Å². The highest BCUT2D eigenvalue weighted by Gasteiger charge is 2.23. The van der Waals surface area contributed by atoms with E-state index in [-0.39, 0.29) is 0 Å². The third-order valence-corrected chi connectivity index (χ3v) is 7.26. The molecular weight excluding hydrogens is 340 g/mol. The van der Waals surface area contributed by atoms with Gasteiger partial charge in [-0.05, 0) is 64.1 Å². The quantitative estimate of drug-likeness (QED) is 0.710. The van der Waals surface area contributed by atoms with Gasteiger partial charge >= 0.3 is 0 Å². The molecule has 3 rings (SSSR count). The molecule has 0 saturated heterocycles. The highest BCUT2D eigenvalue weighted by Crippen LogP contribution is 2.33. The van der Waals surface area contributed by atoms with E-state index in [9.17, 15) is 0 Å². The Morgan fingerprint density at radius 3 is 2.58 bits per heavy atom. The summed E-state index contributed by atoms with van der Waals surface area (Å²) in [6.07, 6.45) is 10.3. The minimum atomic E-state index is 0.411. The van der Waals surface area contributed by atoms with E-state index < -0.39 is 0 Å². The Labute approximate surface area is 162 Å². The van der Waals surface area contributed by atoms with E-state index in [1.165, 1.54) is 48.8 Å². The smallest absolute Gasteiger partial charge is 0.138 e. The van der Waals surface area contributed by atoms with Gasteiger partial charge in [-0.15, -0.1) is 11.3 Å². The van der Waals surface area contributed by atoms with Gasteiger partial charge in [0.05, 0.1) is 5.39 Å². The topological polar surface area (TPSA) is 41.0 Å². The average Bonchev–Trinajstić information content (AvgIpc) is 3.05. The third-order valence-electron chi connectivity index (χ3n) is 6.15. The van der Waals surface area contributed by atoms with Gasteiger partial charge in [0.2, 0.25) is 0 Å². The number of hydrogen-bond donors (Lipinski definition) is 1. The molecule has 2 heterocycles. The van der Waals surface area contributed by atoms with Crippen LogP contribution in [0, 0.1) is 5.41 Å². The van der Waals surface area contributed by atoms with Gasteiger partial charge in [-0.2, -0.15) is 0 Å². The molecule has 1 N–H and O–H groups in total. The number of nitrogens with one attached hydrogen (secondary N) is 1. The summed E-state index contributed by atoms with van der Waals surface area (Å²) in [5, 5.41) is 4.92. The Balaban J connectivity index is 1.68. The minimum Gasteiger partial charge on any atom is -0.367 e. The number of thiophene rings is 1. The van der Waals surface area contributed by atoms with Crippen LogP contribution >= 0.6 is 11.3 Å². The van der Waals surface area contributed by atoms with Crippen molar-refractivity contribution in [2.24, 2.45) is 5.41 Å². The maximum absolute atomic E-state index is 4.57. The molecule has 1 aliphatic carbocycles. The first-order chi connectivity index (χ1) is 12.4. The summed E-state index contributed by atoms with van der Waals surface area (Å²) < 4.78 is 0. The second-order valence-corrected chi connectivity index (χ2v) is 9.90. The Hall–Kier alpha value is -1.20. The summed E-state index contributed by atoms with van der Waals surface area (Å²) in [5.74, 6) is 1.03. The highest BCUT2D eigenvalue weighted by molar-refractivity contribution is 7.18. The third kappa shape index (κ3) is 4.74. The SMILES string of the molecule is CCC(C)(C)CCc1cc2c(NC3CCC(N(C)C)CC3)ncnc2s1. The molecule has 2 aromatic heterocycles. The second-order valence-electron chi connectivity index (χ2n) is 8.78. The highest BCUT2D eigenvalue weighted by atomic mass is 32.1. The molecule has 0 aliphatic heterocycles. The summed E-state index contributed by atoms with van der Waals surface area (Å²) in [7, 11) is 4.39. The maximum atomic E-state index is 4.57. The predicted molar refractivity (Wildman–Crippen MR) is 113 cm³/mol. The monoisotopic (exact) mass is 374 g/mol. The summed E-state index contributed by atoms with van der Waals surface area (Å²) in [6, 6.07) is 3.58. The van der Waals surface area contributed by atoms with E-state index in [2.05, 4.69) is 61.1 Å². The van der Waals surface area contributed by atoms with Crippen LogP contribution in [0.3, 0.4) is 0 Å². The molecule has 0 unspecified atom stereocenters. The lowest BCUT2D eigenvalue weighted by Gasteiger charge is -2.33. The zero-order valence-electron chi connectivity index (χ0n) is 17.0. The summed E-state index contributed by atoms with van der Waals surface area (Å²) in [6.45, 7) is 7.00. The lowest BCUT2D eigenvalue weighted by molar-refractivity contribution is 0.221. The van der Waals surface area contributed by atoms with Crippen LogP contribution in [0.25, 0.3) is 10.2 Å². The van der Waals surface area contributed by atoms with Gasteiger partial charge in [0.1, 0.15) is 17.0 Å². The zero-order valence-corrected chi connectivity index (χ0v) is 17.8. The first-order valence-corrected chi connectivity index (χ1v) is 10.9. The van der Waals surface area contributed by atoms with Crippen LogP contribution in [0.5, 0.6) is 0 Å². The number of aromatic nitrogens is 2. The van der Waals surface area contributed by atoms with Gasteiger partial charge in [-0.3, -0.25) is 0 Å². The molecular formula is C21H34N4S. The van der Waals surface area contributed by atoms with Crippen molar-refractivity contribution < 1.29 is 0 Å². The molecule has 0 amide bonds. The summed E-state index contributed by atoms with van der Waals surface area (Å²) in [4.78, 5) is 14.0. The molecule has 0 atom stereocenters. The molecule has 0 radical (unpaired) electrons. The average molecular weight is 375 g/mol. The lowest BCUT2D eigenvalue weighted by Crippen LogP contribution is -2.36. The van der Waals surface area contributed by atoms with Crippen molar-refractivity contribution in [3.8, 4) is 0 Å². The number of fused-ring (bicyclic) bond motifs is 1. The number of hydrogen-bond acceptors (Lipinski definition) is 5. The fraction of sp³-hybridized carbons (Fsp3) is 0.714. The van der Waals surface area contributed by atoms with E-state index >= 15 is 0 Å². The Morgan fingerprint density at radius 2 is 1.92 bits per heavy atom. The van der Waals surface area contributed by atoms with Crippen LogP contribution in [0.2, 0.25) is 0 Å². The first kappa shape index (κ1) is 19.6. The summed E-state index contributed by atoms with van der Waals surface area (Å²) >= 11 is 1.83. The molecule has 26 heavy (non-hydrogen) atoms. The molecule has 1 aliphatic rings. The van der Waals surface area contributed by atoms with Crippen molar-refractivity contribution in [1.82, 2.24) is 14.9 Å². The fourth-order valence-corrected chi connectivity index (χ4v) is 4.71. The Kier molecular flexibility index (Phi) is 6.18. The number of aryl methyl sites for hydroxylation is 1. The minimum absolute atomic E-state index is 0.411. The maximum Gasteiger partial charge on any atom is 0.138 e. The van der Waals surface area contributed by atoms with Crippen LogP contribution in [0.15, 0.2) is 12.4 Å². The molecule has 144 valence electrons. The van der Waals surface area contributed by atoms with Crippen molar-refractivity contribution >= 4 is 27.4 Å². The van der Waals surface area contributed by atoms with Gasteiger partial charge in [-0.1, -0.05) is 27.2 Å². The van der Waals surface area contributed by atoms with E-state index in [0.717, 1.165) is 23.1 Å². The van der Waals surface area contributed by atoms with Crippen LogP contribution in [0.4, 0.5) is 5.82 Å². The van der Waals surface area contributed by atoms with Crippen molar-refractivity contribution in [2.45, 2.75) is 77.8 Å². The predicted octanol–water partition coefficient (Wildman–Crippen LogP) is 5.34. The van der Waals surface area contributed by atoms with Crippen LogP contribution in [0.1, 0.15) is 64.2 Å². The van der Waals surface area contributed by atoms with E-state index in [1.807, 2.05) is 11.3 Å². The standard InChI is InChI=1S/C21H34N4S/c1-6-21(2,3)12-11-17-13-18-19(22-14-23-20(18)26-17)24-15-7-9-16(10-8-15)25(4)5/h13-16H,6-12H2,1-5H3,(H,22,23,24). The van der Waals surface area contributed by atoms with Gasteiger partial charge in [-0.25, -0.2) is 9.97 Å². The van der Waals surface area contributed by atoms with E-state index in [4.69, 9.17) is 0 Å². The molecule has 0 bridgehead atoms. The molecule has 1 fully saturated rings. The van der Waals surface area contributed by atoms with Gasteiger partial charge in [0, 0.05) is 17.0 Å². The summed E-state index contributed by atoms with van der Waals surface area (Å²) in [5.41, 5.74) is 0.411. The van der Waals surface area contributed by atoms with Crippen molar-refractivity contribution in [3.05, 3.63) is 17.3 Å². The Morgan fingerprint density at radius 1 is 1.19 bits per heavy atom. The van der Waals surface area contributed by atoms with Gasteiger partial charge in [0.25, 0.3) is 0 Å². The van der Waals surface area contributed by atoms with E-state index in [1.54, 1.807) is 6.33 Å². The number of nitrogens with zero attached hydrogens (tertiary/aromatic N) is 3. The second kappa shape index (κ2) is 8.22. The van der Waals surface area contributed by atoms with Crippen molar-refractivity contribution in [3.63, 3.8) is 0 Å². The Bertz CT molecular complexity index is 714. The number of rotatable bonds is 7. The van der Waals surface area contributed by atoms with Crippen LogP contribution in [-0.4, -0.2) is 41.0 Å². The van der Waals surface area contributed by atoms with E-state index in [0.29, 0.717) is 11.5 Å². The normalized spacial score (nSPS) is 21.5. The first-order valence-electron chi connectivity index (χ1n) is 10.0. The van der Waals surface area contributed by atoms with Gasteiger partial charge in [0.15, 0.2) is 0 Å². The lowest BCUT2D eigenvalue weighted by atomic mass is 9.85. The van der Waals surface area contributed by atoms with Crippen LogP contribution in [-0.2, 0) is 6.42 Å². The van der Waals surface area contributed by atoms with Gasteiger partial charge < -0.3 is 10.2 Å². The van der Waals surface area contributed by atoms with Crippen molar-refractivity contribution in [2.75, 3.05) is 19.4 Å². The molecule has 0 spiro atoms. The molecule has 1 saturated carbocycles.